The average molecular weight is 414 g/mol. The molecule has 0 aliphatic rings. The van der Waals surface area contributed by atoms with E-state index in [9.17, 15) is 9.59 Å². The number of hydrogen-bond donors (Lipinski definition) is 2. The highest BCUT2D eigenvalue weighted by molar-refractivity contribution is 7.12. The van der Waals surface area contributed by atoms with Gasteiger partial charge in [0.05, 0.1) is 36.7 Å². The molecule has 0 bridgehead atoms. The molecule has 0 saturated heterocycles. The lowest BCUT2D eigenvalue weighted by atomic mass is 10.1. The molecular formula is C20H22N4O4S. The molecule has 0 aliphatic heterocycles. The Morgan fingerprint density at radius 3 is 2.55 bits per heavy atom. The van der Waals surface area contributed by atoms with E-state index in [1.807, 2.05) is 25.3 Å². The second kappa shape index (κ2) is 8.78. The number of carbonyl (C=O) groups excluding carboxylic acids is 2. The Morgan fingerprint density at radius 1 is 1.17 bits per heavy atom. The van der Waals surface area contributed by atoms with Crippen molar-refractivity contribution in [2.24, 2.45) is 0 Å². The fraction of sp³-hybridized carbons (Fsp3) is 0.250. The number of ether oxygens (including phenoxy) is 2. The molecule has 29 heavy (non-hydrogen) atoms. The first-order valence-electron chi connectivity index (χ1n) is 8.92. The molecular weight excluding hydrogens is 392 g/mol. The van der Waals surface area contributed by atoms with Gasteiger partial charge in [-0.15, -0.1) is 11.3 Å². The summed E-state index contributed by atoms with van der Waals surface area (Å²) in [5, 5.41) is 11.6. The summed E-state index contributed by atoms with van der Waals surface area (Å²) < 4.78 is 12.5. The van der Waals surface area contributed by atoms with E-state index in [4.69, 9.17) is 9.47 Å². The number of carbonyl (C=O) groups is 2. The van der Waals surface area contributed by atoms with Gasteiger partial charge in [0.25, 0.3) is 11.8 Å². The van der Waals surface area contributed by atoms with Gasteiger partial charge >= 0.3 is 0 Å². The van der Waals surface area contributed by atoms with E-state index in [0.717, 1.165) is 5.56 Å². The van der Waals surface area contributed by atoms with Crippen molar-refractivity contribution < 1.29 is 19.1 Å². The van der Waals surface area contributed by atoms with Crippen molar-refractivity contribution in [1.82, 2.24) is 9.78 Å². The van der Waals surface area contributed by atoms with Gasteiger partial charge in [0.15, 0.2) is 11.5 Å². The van der Waals surface area contributed by atoms with Crippen molar-refractivity contribution in [3.63, 3.8) is 0 Å². The minimum Gasteiger partial charge on any atom is -0.493 e. The zero-order chi connectivity index (χ0) is 21.0. The average Bonchev–Trinajstić information content (AvgIpc) is 3.35. The van der Waals surface area contributed by atoms with Crippen molar-refractivity contribution >= 4 is 34.5 Å². The number of thiophene rings is 1. The summed E-state index contributed by atoms with van der Waals surface area (Å²) in [7, 11) is 2.95. The van der Waals surface area contributed by atoms with Crippen LogP contribution in [0.3, 0.4) is 0 Å². The third-order valence-electron chi connectivity index (χ3n) is 4.27. The fourth-order valence-electron chi connectivity index (χ4n) is 2.78. The molecule has 2 amide bonds. The van der Waals surface area contributed by atoms with E-state index in [1.165, 1.54) is 25.6 Å². The third-order valence-corrected chi connectivity index (χ3v) is 5.29. The number of nitrogens with zero attached hydrogens (tertiary/aromatic N) is 2. The van der Waals surface area contributed by atoms with Crippen molar-refractivity contribution in [1.29, 1.82) is 0 Å². The molecule has 0 unspecified atom stereocenters. The number of amides is 2. The number of methoxy groups -OCH3 is 2. The number of rotatable bonds is 7. The molecule has 2 N–H and O–H groups in total. The Kier molecular flexibility index (Phi) is 6.18. The number of aryl methyl sites for hydroxylation is 2. The molecule has 3 rings (SSSR count). The second-order valence-corrected chi connectivity index (χ2v) is 7.10. The maximum Gasteiger partial charge on any atom is 0.266 e. The molecule has 9 heteroatoms. The normalized spacial score (nSPS) is 10.5. The monoisotopic (exact) mass is 414 g/mol. The Morgan fingerprint density at radius 2 is 1.97 bits per heavy atom. The summed E-state index contributed by atoms with van der Waals surface area (Å²) in [6.07, 6.45) is 3.31. The zero-order valence-corrected chi connectivity index (χ0v) is 17.4. The Labute approximate surface area is 172 Å². The zero-order valence-electron chi connectivity index (χ0n) is 16.6. The highest BCUT2D eigenvalue weighted by Crippen LogP contribution is 2.37. The minimum atomic E-state index is -0.357. The van der Waals surface area contributed by atoms with Crippen LogP contribution in [0.5, 0.6) is 11.5 Å². The number of anilines is 2. The van der Waals surface area contributed by atoms with E-state index >= 15 is 0 Å². The van der Waals surface area contributed by atoms with Crippen LogP contribution in [0.4, 0.5) is 11.4 Å². The van der Waals surface area contributed by atoms with Crippen LogP contribution in [0.25, 0.3) is 0 Å². The summed E-state index contributed by atoms with van der Waals surface area (Å²) in [5.74, 6) is 0.0389. The smallest absolute Gasteiger partial charge is 0.266 e. The van der Waals surface area contributed by atoms with Crippen LogP contribution in [-0.2, 0) is 6.54 Å². The fourth-order valence-corrected chi connectivity index (χ4v) is 3.60. The predicted molar refractivity (Wildman–Crippen MR) is 112 cm³/mol. The number of aromatic nitrogens is 2. The molecule has 2 aromatic heterocycles. The van der Waals surface area contributed by atoms with Crippen LogP contribution in [-0.4, -0.2) is 35.8 Å². The van der Waals surface area contributed by atoms with Gasteiger partial charge < -0.3 is 20.1 Å². The molecule has 1 aromatic carbocycles. The molecule has 0 radical (unpaired) electrons. The highest BCUT2D eigenvalue weighted by atomic mass is 32.1. The van der Waals surface area contributed by atoms with E-state index in [1.54, 1.807) is 29.2 Å². The SMILES string of the molecule is CCn1cc(NC(=O)c2cc(NC(=O)c3sccc3C)c(OC)c(OC)c2)cn1. The Balaban J connectivity index is 1.91. The van der Waals surface area contributed by atoms with Crippen LogP contribution in [0.2, 0.25) is 0 Å². The largest absolute Gasteiger partial charge is 0.493 e. The van der Waals surface area contributed by atoms with Crippen LogP contribution in [0.1, 0.15) is 32.5 Å². The summed E-state index contributed by atoms with van der Waals surface area (Å²) in [4.78, 5) is 26.0. The first-order chi connectivity index (χ1) is 14.0. The lowest BCUT2D eigenvalue weighted by Gasteiger charge is -2.15. The van der Waals surface area contributed by atoms with Gasteiger partial charge in [0, 0.05) is 18.3 Å². The lowest BCUT2D eigenvalue weighted by molar-refractivity contribution is 0.101. The van der Waals surface area contributed by atoms with Crippen molar-refractivity contribution in [2.45, 2.75) is 20.4 Å². The van der Waals surface area contributed by atoms with Gasteiger partial charge in [0.1, 0.15) is 0 Å². The van der Waals surface area contributed by atoms with Gasteiger partial charge in [-0.25, -0.2) is 0 Å². The molecule has 0 saturated carbocycles. The van der Waals surface area contributed by atoms with Gasteiger partial charge in [-0.2, -0.15) is 5.10 Å². The molecule has 0 fully saturated rings. The Hall–Kier alpha value is -3.33. The van der Waals surface area contributed by atoms with Crippen LogP contribution in [0.15, 0.2) is 36.0 Å². The predicted octanol–water partition coefficient (Wildman–Crippen LogP) is 3.79. The van der Waals surface area contributed by atoms with E-state index in [0.29, 0.717) is 39.9 Å². The molecule has 8 nitrogen and oxygen atoms in total. The summed E-state index contributed by atoms with van der Waals surface area (Å²) >= 11 is 1.34. The van der Waals surface area contributed by atoms with E-state index in [-0.39, 0.29) is 11.8 Å². The summed E-state index contributed by atoms with van der Waals surface area (Å²) in [6.45, 7) is 4.52. The molecule has 3 aromatic rings. The van der Waals surface area contributed by atoms with Gasteiger partial charge in [-0.1, -0.05) is 0 Å². The van der Waals surface area contributed by atoms with Crippen molar-refractivity contribution in [2.75, 3.05) is 24.9 Å². The number of hydrogen-bond acceptors (Lipinski definition) is 6. The second-order valence-electron chi connectivity index (χ2n) is 6.19. The van der Waals surface area contributed by atoms with Crippen molar-refractivity contribution in [3.05, 3.63) is 52.0 Å². The van der Waals surface area contributed by atoms with Crippen LogP contribution >= 0.6 is 11.3 Å². The first-order valence-corrected chi connectivity index (χ1v) is 9.80. The van der Waals surface area contributed by atoms with Crippen molar-refractivity contribution in [3.8, 4) is 11.5 Å². The topological polar surface area (TPSA) is 94.5 Å². The van der Waals surface area contributed by atoms with Crippen LogP contribution < -0.4 is 20.1 Å². The van der Waals surface area contributed by atoms with Crippen LogP contribution in [0, 0.1) is 6.92 Å². The van der Waals surface area contributed by atoms with Gasteiger partial charge in [0.2, 0.25) is 0 Å². The number of benzene rings is 1. The lowest BCUT2D eigenvalue weighted by Crippen LogP contribution is -2.15. The first kappa shape index (κ1) is 20.4. The van der Waals surface area contributed by atoms with E-state index in [2.05, 4.69) is 15.7 Å². The summed E-state index contributed by atoms with van der Waals surface area (Å²) in [6, 6.07) is 4.99. The molecule has 2 heterocycles. The quantitative estimate of drug-likeness (QED) is 0.613. The Bertz CT molecular complexity index is 1040. The maximum absolute atomic E-state index is 12.7. The maximum atomic E-state index is 12.7. The third kappa shape index (κ3) is 4.40. The molecule has 0 aliphatic carbocycles. The molecule has 0 atom stereocenters. The molecule has 152 valence electrons. The molecule has 0 spiro atoms. The highest BCUT2D eigenvalue weighted by Gasteiger charge is 2.20. The summed E-state index contributed by atoms with van der Waals surface area (Å²) in [5.41, 5.74) is 2.11. The van der Waals surface area contributed by atoms with Gasteiger partial charge in [-0.3, -0.25) is 14.3 Å². The standard InChI is InChI=1S/C20H22N4O4S/c1-5-24-11-14(10-21-24)22-19(25)13-8-15(17(28-4)16(9-13)27-3)23-20(26)18-12(2)6-7-29-18/h6-11H,5H2,1-4H3,(H,22,25)(H,23,26). The van der Waals surface area contributed by atoms with Gasteiger partial charge in [-0.05, 0) is 43.0 Å². The number of nitrogens with one attached hydrogen (secondary N) is 2. The minimum absolute atomic E-state index is 0.278. The van der Waals surface area contributed by atoms with E-state index < -0.39 is 0 Å².